The first-order valence-corrected chi connectivity index (χ1v) is 6.84. The molecule has 18 heavy (non-hydrogen) atoms. The molecule has 1 aromatic rings. The molecule has 1 heterocycles. The van der Waals surface area contributed by atoms with E-state index in [0.717, 1.165) is 57.0 Å². The smallest absolute Gasteiger partial charge is 0.118 e. The third-order valence-corrected chi connectivity index (χ3v) is 2.82. The van der Waals surface area contributed by atoms with E-state index in [1.165, 1.54) is 0 Å². The second-order valence-corrected chi connectivity index (χ2v) is 4.71. The van der Waals surface area contributed by atoms with E-state index in [1.807, 2.05) is 6.08 Å². The molecule has 0 aliphatic heterocycles. The number of nitrogens with one attached hydrogen (secondary N) is 1. The molecule has 3 nitrogen and oxygen atoms in total. The maximum Gasteiger partial charge on any atom is 0.118 e. The Hall–Kier alpha value is -1.06. The third kappa shape index (κ3) is 6.03. The first-order chi connectivity index (χ1) is 8.76. The number of rotatable bonds is 10. The Morgan fingerprint density at radius 1 is 1.39 bits per heavy atom. The molecule has 0 amide bonds. The maximum atomic E-state index is 5.78. The quantitative estimate of drug-likeness (QED) is 0.511. The molecule has 3 heteroatoms. The van der Waals surface area contributed by atoms with Crippen LogP contribution in [0.1, 0.15) is 37.7 Å². The fourth-order valence-corrected chi connectivity index (χ4v) is 1.84. The third-order valence-electron chi connectivity index (χ3n) is 2.82. The summed E-state index contributed by atoms with van der Waals surface area (Å²) in [5, 5.41) is 3.34. The molecule has 0 fully saturated rings. The zero-order valence-electron chi connectivity index (χ0n) is 11.7. The number of furan rings is 1. The van der Waals surface area contributed by atoms with Crippen LogP contribution in [0.2, 0.25) is 0 Å². The van der Waals surface area contributed by atoms with E-state index >= 15 is 0 Å². The Kier molecular flexibility index (Phi) is 7.46. The lowest BCUT2D eigenvalue weighted by Crippen LogP contribution is -2.18. The lowest BCUT2D eigenvalue weighted by molar-refractivity contribution is 0.287. The maximum absolute atomic E-state index is 5.78. The second-order valence-electron chi connectivity index (χ2n) is 4.71. The van der Waals surface area contributed by atoms with E-state index in [-0.39, 0.29) is 0 Å². The topological polar surface area (TPSA) is 28.4 Å². The van der Waals surface area contributed by atoms with Crippen molar-refractivity contribution < 1.29 is 4.42 Å². The van der Waals surface area contributed by atoms with Crippen LogP contribution in [-0.2, 0) is 13.1 Å². The van der Waals surface area contributed by atoms with Gasteiger partial charge in [0, 0.05) is 0 Å². The molecule has 102 valence electrons. The minimum atomic E-state index is 0.827. The molecule has 0 aromatic carbocycles. The molecule has 0 spiro atoms. The van der Waals surface area contributed by atoms with E-state index in [1.54, 1.807) is 0 Å². The summed E-state index contributed by atoms with van der Waals surface area (Å²) in [5.74, 6) is 2.07. The standard InChI is InChI=1S/C15H26N2O/c1-4-6-7-11-17(3)13-15-9-8-14(18-15)12-16-10-5-2/h4,8-9,16H,1,5-7,10-13H2,2-3H3. The predicted octanol–water partition coefficient (Wildman–Crippen LogP) is 3.18. The average Bonchev–Trinajstić information content (AvgIpc) is 2.77. The van der Waals surface area contributed by atoms with Crippen LogP contribution in [0.25, 0.3) is 0 Å². The van der Waals surface area contributed by atoms with Crippen molar-refractivity contribution in [1.82, 2.24) is 10.2 Å². The van der Waals surface area contributed by atoms with E-state index < -0.39 is 0 Å². The lowest BCUT2D eigenvalue weighted by Gasteiger charge is -2.14. The van der Waals surface area contributed by atoms with Crippen molar-refractivity contribution in [3.8, 4) is 0 Å². The Morgan fingerprint density at radius 3 is 2.89 bits per heavy atom. The summed E-state index contributed by atoms with van der Waals surface area (Å²) in [4.78, 5) is 2.28. The molecule has 1 rings (SSSR count). The van der Waals surface area contributed by atoms with E-state index in [0.29, 0.717) is 0 Å². The molecular formula is C15H26N2O. The highest BCUT2D eigenvalue weighted by molar-refractivity contribution is 5.06. The van der Waals surface area contributed by atoms with Gasteiger partial charge in [0.15, 0.2) is 0 Å². The zero-order chi connectivity index (χ0) is 13.2. The van der Waals surface area contributed by atoms with Crippen LogP contribution < -0.4 is 5.32 Å². The summed E-state index contributed by atoms with van der Waals surface area (Å²) < 4.78 is 5.78. The van der Waals surface area contributed by atoms with Crippen LogP contribution >= 0.6 is 0 Å². The summed E-state index contributed by atoms with van der Waals surface area (Å²) in [6.07, 6.45) is 5.36. The second kappa shape index (κ2) is 8.95. The Labute approximate surface area is 111 Å². The first-order valence-electron chi connectivity index (χ1n) is 6.84. The molecule has 0 saturated carbocycles. The number of nitrogens with zero attached hydrogens (tertiary/aromatic N) is 1. The lowest BCUT2D eigenvalue weighted by atomic mass is 10.3. The van der Waals surface area contributed by atoms with Gasteiger partial charge in [0.1, 0.15) is 11.5 Å². The van der Waals surface area contributed by atoms with Crippen LogP contribution in [0.15, 0.2) is 29.2 Å². The van der Waals surface area contributed by atoms with Crippen molar-refractivity contribution in [3.63, 3.8) is 0 Å². The normalized spacial score (nSPS) is 11.1. The SMILES string of the molecule is C=CCCCN(C)Cc1ccc(CNCCC)o1. The molecule has 0 unspecified atom stereocenters. The number of allylic oxidation sites excluding steroid dienone is 1. The van der Waals surface area contributed by atoms with Gasteiger partial charge in [-0.05, 0) is 51.5 Å². The van der Waals surface area contributed by atoms with Gasteiger partial charge in [0.2, 0.25) is 0 Å². The molecule has 0 bridgehead atoms. The predicted molar refractivity (Wildman–Crippen MR) is 76.5 cm³/mol. The van der Waals surface area contributed by atoms with Gasteiger partial charge in [-0.25, -0.2) is 0 Å². The van der Waals surface area contributed by atoms with Crippen LogP contribution in [0.3, 0.4) is 0 Å². The summed E-state index contributed by atoms with van der Waals surface area (Å²) in [6, 6.07) is 4.14. The van der Waals surface area contributed by atoms with Gasteiger partial charge in [0.05, 0.1) is 13.1 Å². The monoisotopic (exact) mass is 250 g/mol. The van der Waals surface area contributed by atoms with Crippen molar-refractivity contribution >= 4 is 0 Å². The van der Waals surface area contributed by atoms with Gasteiger partial charge in [-0.3, -0.25) is 4.90 Å². The first kappa shape index (κ1) is 15.0. The summed E-state index contributed by atoms with van der Waals surface area (Å²) in [6.45, 7) is 9.73. The van der Waals surface area contributed by atoms with Gasteiger partial charge in [-0.15, -0.1) is 6.58 Å². The van der Waals surface area contributed by atoms with Crippen LogP contribution in [-0.4, -0.2) is 25.0 Å². The molecule has 0 saturated heterocycles. The summed E-state index contributed by atoms with van der Waals surface area (Å²) >= 11 is 0. The fraction of sp³-hybridized carbons (Fsp3) is 0.600. The molecular weight excluding hydrogens is 224 g/mol. The van der Waals surface area contributed by atoms with Crippen molar-refractivity contribution in [1.29, 1.82) is 0 Å². The minimum Gasteiger partial charge on any atom is -0.463 e. The zero-order valence-corrected chi connectivity index (χ0v) is 11.7. The van der Waals surface area contributed by atoms with Crippen molar-refractivity contribution in [2.75, 3.05) is 20.1 Å². The molecule has 1 N–H and O–H groups in total. The highest BCUT2D eigenvalue weighted by Gasteiger charge is 2.05. The minimum absolute atomic E-state index is 0.827. The summed E-state index contributed by atoms with van der Waals surface area (Å²) in [7, 11) is 2.13. The van der Waals surface area contributed by atoms with Crippen molar-refractivity contribution in [2.45, 2.75) is 39.3 Å². The van der Waals surface area contributed by atoms with Gasteiger partial charge >= 0.3 is 0 Å². The van der Waals surface area contributed by atoms with Crippen LogP contribution in [0.5, 0.6) is 0 Å². The van der Waals surface area contributed by atoms with Gasteiger partial charge < -0.3 is 9.73 Å². The number of hydrogen-bond donors (Lipinski definition) is 1. The summed E-state index contributed by atoms with van der Waals surface area (Å²) in [5.41, 5.74) is 0. The van der Waals surface area contributed by atoms with Crippen LogP contribution in [0.4, 0.5) is 0 Å². The highest BCUT2D eigenvalue weighted by atomic mass is 16.3. The van der Waals surface area contributed by atoms with E-state index in [4.69, 9.17) is 4.42 Å². The molecule has 0 aliphatic carbocycles. The van der Waals surface area contributed by atoms with Crippen LogP contribution in [0, 0.1) is 0 Å². The van der Waals surface area contributed by atoms with E-state index in [9.17, 15) is 0 Å². The largest absolute Gasteiger partial charge is 0.463 e. The Bertz CT molecular complexity index is 333. The molecule has 1 aromatic heterocycles. The van der Waals surface area contributed by atoms with E-state index in [2.05, 4.69) is 42.9 Å². The molecule has 0 aliphatic rings. The van der Waals surface area contributed by atoms with Gasteiger partial charge in [0.25, 0.3) is 0 Å². The average molecular weight is 250 g/mol. The Balaban J connectivity index is 2.27. The Morgan fingerprint density at radius 2 is 2.17 bits per heavy atom. The highest BCUT2D eigenvalue weighted by Crippen LogP contribution is 2.10. The number of hydrogen-bond acceptors (Lipinski definition) is 3. The molecule has 0 radical (unpaired) electrons. The van der Waals surface area contributed by atoms with Crippen molar-refractivity contribution in [2.24, 2.45) is 0 Å². The molecule has 0 atom stereocenters. The van der Waals surface area contributed by atoms with Crippen molar-refractivity contribution in [3.05, 3.63) is 36.3 Å². The fourth-order valence-electron chi connectivity index (χ4n) is 1.84. The van der Waals surface area contributed by atoms with Gasteiger partial charge in [-0.1, -0.05) is 13.0 Å². The number of unbranched alkanes of at least 4 members (excludes halogenated alkanes) is 1. The van der Waals surface area contributed by atoms with Gasteiger partial charge in [-0.2, -0.15) is 0 Å².